The Morgan fingerprint density at radius 1 is 0.857 bits per heavy atom. The first-order valence-corrected chi connectivity index (χ1v) is 6.58. The highest BCUT2D eigenvalue weighted by atomic mass is 15.0. The van der Waals surface area contributed by atoms with Gasteiger partial charge < -0.3 is 4.98 Å². The maximum atomic E-state index is 4.52. The molecule has 5 nitrogen and oxygen atoms in total. The van der Waals surface area contributed by atoms with Crippen LogP contribution in [0.1, 0.15) is 0 Å². The molecule has 4 aromatic heterocycles. The van der Waals surface area contributed by atoms with E-state index in [4.69, 9.17) is 0 Å². The minimum atomic E-state index is 0.690. The molecule has 21 heavy (non-hydrogen) atoms. The van der Waals surface area contributed by atoms with Crippen LogP contribution in [0.2, 0.25) is 0 Å². The Balaban J connectivity index is 1.93. The fraction of sp³-hybridized carbons (Fsp3) is 0. The van der Waals surface area contributed by atoms with Crippen LogP contribution in [-0.2, 0) is 0 Å². The molecule has 5 heteroatoms. The van der Waals surface area contributed by atoms with Crippen LogP contribution in [0.4, 0.5) is 0 Å². The standard InChI is InChI=1S/C16H11N5/c1-4-11(10-17-7-1)12-5-2-8-18-14(12)16-20-13-6-3-9-19-15(13)21-16/h1-10H,(H,19,20,21). The second kappa shape index (κ2) is 4.79. The quantitative estimate of drug-likeness (QED) is 0.609. The van der Waals surface area contributed by atoms with Crippen molar-refractivity contribution >= 4 is 11.2 Å². The number of H-pyrrole nitrogens is 1. The van der Waals surface area contributed by atoms with Gasteiger partial charge >= 0.3 is 0 Å². The number of nitrogens with zero attached hydrogens (tertiary/aromatic N) is 4. The second-order valence-corrected chi connectivity index (χ2v) is 4.60. The number of hydrogen-bond acceptors (Lipinski definition) is 4. The van der Waals surface area contributed by atoms with Gasteiger partial charge in [-0.2, -0.15) is 0 Å². The largest absolute Gasteiger partial charge is 0.335 e. The van der Waals surface area contributed by atoms with Gasteiger partial charge in [-0.15, -0.1) is 0 Å². The van der Waals surface area contributed by atoms with Crippen LogP contribution in [0.5, 0.6) is 0 Å². The summed E-state index contributed by atoms with van der Waals surface area (Å²) in [5, 5.41) is 0. The topological polar surface area (TPSA) is 67.3 Å². The maximum absolute atomic E-state index is 4.52. The molecular formula is C16H11N5. The average Bonchev–Trinajstić information content (AvgIpc) is 2.99. The normalized spacial score (nSPS) is 10.9. The molecule has 4 rings (SSSR count). The minimum Gasteiger partial charge on any atom is -0.335 e. The van der Waals surface area contributed by atoms with E-state index in [-0.39, 0.29) is 0 Å². The zero-order valence-corrected chi connectivity index (χ0v) is 11.1. The summed E-state index contributed by atoms with van der Waals surface area (Å²) in [6.07, 6.45) is 7.06. The summed E-state index contributed by atoms with van der Waals surface area (Å²) >= 11 is 0. The van der Waals surface area contributed by atoms with Gasteiger partial charge in [-0.3, -0.25) is 9.97 Å². The summed E-state index contributed by atoms with van der Waals surface area (Å²) in [7, 11) is 0. The predicted molar refractivity (Wildman–Crippen MR) is 80.4 cm³/mol. The summed E-state index contributed by atoms with van der Waals surface area (Å²) in [4.78, 5) is 20.7. The van der Waals surface area contributed by atoms with E-state index in [0.29, 0.717) is 11.5 Å². The van der Waals surface area contributed by atoms with Crippen molar-refractivity contribution in [3.8, 4) is 22.6 Å². The smallest absolute Gasteiger partial charge is 0.178 e. The summed E-state index contributed by atoms with van der Waals surface area (Å²) in [5.41, 5.74) is 4.38. The lowest BCUT2D eigenvalue weighted by Crippen LogP contribution is -1.90. The van der Waals surface area contributed by atoms with Crippen molar-refractivity contribution in [3.05, 3.63) is 61.2 Å². The van der Waals surface area contributed by atoms with Gasteiger partial charge in [0, 0.05) is 35.9 Å². The van der Waals surface area contributed by atoms with Gasteiger partial charge in [0.1, 0.15) is 5.69 Å². The molecule has 0 saturated carbocycles. The summed E-state index contributed by atoms with van der Waals surface area (Å²) in [6, 6.07) is 11.7. The van der Waals surface area contributed by atoms with Crippen LogP contribution in [0.25, 0.3) is 33.8 Å². The number of imidazole rings is 1. The number of fused-ring (bicyclic) bond motifs is 1. The highest BCUT2D eigenvalue weighted by molar-refractivity contribution is 5.81. The first kappa shape index (κ1) is 11.7. The molecule has 0 unspecified atom stereocenters. The first-order valence-electron chi connectivity index (χ1n) is 6.58. The molecule has 0 bridgehead atoms. The minimum absolute atomic E-state index is 0.690. The third-order valence-corrected chi connectivity index (χ3v) is 3.26. The molecule has 0 amide bonds. The van der Waals surface area contributed by atoms with Crippen LogP contribution in [0.3, 0.4) is 0 Å². The second-order valence-electron chi connectivity index (χ2n) is 4.60. The molecule has 4 heterocycles. The highest BCUT2D eigenvalue weighted by Gasteiger charge is 2.12. The van der Waals surface area contributed by atoms with Crippen LogP contribution in [0.15, 0.2) is 61.2 Å². The van der Waals surface area contributed by atoms with E-state index in [1.165, 1.54) is 0 Å². The van der Waals surface area contributed by atoms with Crippen molar-refractivity contribution in [2.24, 2.45) is 0 Å². The SMILES string of the molecule is c1cncc(-c2cccnc2-c2nc3ncccc3[nH]2)c1. The number of nitrogens with one attached hydrogen (secondary N) is 1. The van der Waals surface area contributed by atoms with Crippen molar-refractivity contribution < 1.29 is 0 Å². The molecule has 0 fully saturated rings. The Kier molecular flexibility index (Phi) is 2.67. The lowest BCUT2D eigenvalue weighted by Gasteiger charge is -2.05. The van der Waals surface area contributed by atoms with Gasteiger partial charge in [-0.05, 0) is 24.3 Å². The Morgan fingerprint density at radius 3 is 2.57 bits per heavy atom. The summed E-state index contributed by atoms with van der Waals surface area (Å²) in [5.74, 6) is 0.711. The zero-order valence-electron chi connectivity index (χ0n) is 11.1. The lowest BCUT2D eigenvalue weighted by molar-refractivity contribution is 1.22. The molecule has 100 valence electrons. The van der Waals surface area contributed by atoms with Gasteiger partial charge in [0.2, 0.25) is 0 Å². The van der Waals surface area contributed by atoms with Gasteiger partial charge in [-0.1, -0.05) is 12.1 Å². The van der Waals surface area contributed by atoms with Crippen molar-refractivity contribution in [3.63, 3.8) is 0 Å². The first-order chi connectivity index (χ1) is 10.4. The predicted octanol–water partition coefficient (Wildman–Crippen LogP) is 3.08. The van der Waals surface area contributed by atoms with Gasteiger partial charge in [0.15, 0.2) is 11.5 Å². The molecule has 1 N–H and O–H groups in total. The van der Waals surface area contributed by atoms with Crippen molar-refractivity contribution in [2.75, 3.05) is 0 Å². The molecule has 0 aliphatic rings. The van der Waals surface area contributed by atoms with Crippen molar-refractivity contribution in [2.45, 2.75) is 0 Å². The van der Waals surface area contributed by atoms with E-state index in [1.54, 1.807) is 18.6 Å². The van der Waals surface area contributed by atoms with Crippen LogP contribution < -0.4 is 0 Å². The number of pyridine rings is 3. The Morgan fingerprint density at radius 2 is 1.71 bits per heavy atom. The Labute approximate surface area is 120 Å². The number of rotatable bonds is 2. The van der Waals surface area contributed by atoms with Crippen LogP contribution in [0, 0.1) is 0 Å². The molecule has 0 radical (unpaired) electrons. The third-order valence-electron chi connectivity index (χ3n) is 3.26. The molecule has 0 aliphatic carbocycles. The fourth-order valence-electron chi connectivity index (χ4n) is 2.31. The molecule has 0 saturated heterocycles. The molecular weight excluding hydrogens is 262 g/mol. The fourth-order valence-corrected chi connectivity index (χ4v) is 2.31. The lowest BCUT2D eigenvalue weighted by atomic mass is 10.1. The van der Waals surface area contributed by atoms with Crippen molar-refractivity contribution in [1.82, 2.24) is 24.9 Å². The van der Waals surface area contributed by atoms with Crippen molar-refractivity contribution in [1.29, 1.82) is 0 Å². The van der Waals surface area contributed by atoms with Crippen LogP contribution >= 0.6 is 0 Å². The monoisotopic (exact) mass is 273 g/mol. The van der Waals surface area contributed by atoms with Crippen LogP contribution in [-0.4, -0.2) is 24.9 Å². The number of hydrogen-bond donors (Lipinski definition) is 1. The molecule has 0 aliphatic heterocycles. The molecule has 0 spiro atoms. The Hall–Kier alpha value is -3.08. The number of aromatic amines is 1. The van der Waals surface area contributed by atoms with E-state index in [0.717, 1.165) is 22.3 Å². The van der Waals surface area contributed by atoms with E-state index in [2.05, 4.69) is 24.9 Å². The summed E-state index contributed by atoms with van der Waals surface area (Å²) in [6.45, 7) is 0. The molecule has 0 atom stereocenters. The van der Waals surface area contributed by atoms with Gasteiger partial charge in [0.05, 0.1) is 5.52 Å². The summed E-state index contributed by atoms with van der Waals surface area (Å²) < 4.78 is 0. The Bertz CT molecular complexity index is 866. The zero-order chi connectivity index (χ0) is 14.1. The maximum Gasteiger partial charge on any atom is 0.178 e. The average molecular weight is 273 g/mol. The third kappa shape index (κ3) is 2.04. The van der Waals surface area contributed by atoms with Gasteiger partial charge in [0.25, 0.3) is 0 Å². The molecule has 4 aromatic rings. The van der Waals surface area contributed by atoms with E-state index >= 15 is 0 Å². The van der Waals surface area contributed by atoms with E-state index in [1.807, 2.05) is 42.6 Å². The molecule has 0 aromatic carbocycles. The highest BCUT2D eigenvalue weighted by Crippen LogP contribution is 2.28. The van der Waals surface area contributed by atoms with Gasteiger partial charge in [-0.25, -0.2) is 9.97 Å². The number of aromatic nitrogens is 5. The van der Waals surface area contributed by atoms with E-state index < -0.39 is 0 Å². The van der Waals surface area contributed by atoms with E-state index in [9.17, 15) is 0 Å².